The Morgan fingerprint density at radius 3 is 2.88 bits per heavy atom. The van der Waals surface area contributed by atoms with Gasteiger partial charge in [-0.3, -0.25) is 4.79 Å². The number of carbonyl (C=O) groups excluding carboxylic acids is 1. The van der Waals surface area contributed by atoms with E-state index in [4.69, 9.17) is 0 Å². The van der Waals surface area contributed by atoms with Crippen LogP contribution in [0.15, 0.2) is 48.7 Å². The van der Waals surface area contributed by atoms with Crippen LogP contribution in [-0.4, -0.2) is 15.5 Å². The number of imidazole rings is 1. The lowest BCUT2D eigenvalue weighted by Gasteiger charge is -2.09. The van der Waals surface area contributed by atoms with E-state index in [1.54, 1.807) is 6.07 Å². The van der Waals surface area contributed by atoms with E-state index in [1.807, 2.05) is 24.4 Å². The number of nitrogens with one attached hydrogen (secondary N) is 1. The van der Waals surface area contributed by atoms with Crippen molar-refractivity contribution >= 4 is 11.6 Å². The Hall–Kier alpha value is -3.02. The van der Waals surface area contributed by atoms with Crippen LogP contribution >= 0.6 is 0 Å². The molecule has 1 N–H and O–H groups in total. The zero-order valence-electron chi connectivity index (χ0n) is 13.3. The Bertz CT molecular complexity index is 965. The summed E-state index contributed by atoms with van der Waals surface area (Å²) in [7, 11) is 0. The van der Waals surface area contributed by atoms with Crippen LogP contribution in [0, 0.1) is 11.6 Å². The summed E-state index contributed by atoms with van der Waals surface area (Å²) < 4.78 is 28.9. The molecule has 1 aromatic heterocycles. The Kier molecular flexibility index (Phi) is 3.80. The van der Waals surface area contributed by atoms with Gasteiger partial charge in [-0.1, -0.05) is 12.1 Å². The lowest BCUT2D eigenvalue weighted by molar-refractivity contribution is 0.102. The second-order valence-electron chi connectivity index (χ2n) is 5.97. The minimum absolute atomic E-state index is 0.197. The lowest BCUT2D eigenvalue weighted by Crippen LogP contribution is -2.14. The number of hydrogen-bond acceptors (Lipinski definition) is 2. The summed E-state index contributed by atoms with van der Waals surface area (Å²) in [6, 6.07) is 10.2. The number of fused-ring (bicyclic) bond motifs is 1. The zero-order valence-corrected chi connectivity index (χ0v) is 13.3. The van der Waals surface area contributed by atoms with Crippen molar-refractivity contribution in [3.8, 4) is 11.3 Å². The third-order valence-electron chi connectivity index (χ3n) is 4.31. The predicted octanol–water partition coefficient (Wildman–Crippen LogP) is 4.03. The van der Waals surface area contributed by atoms with Crippen LogP contribution in [0.25, 0.3) is 11.3 Å². The van der Waals surface area contributed by atoms with Crippen LogP contribution in [0.3, 0.4) is 0 Å². The highest BCUT2D eigenvalue weighted by Gasteiger charge is 2.17. The number of halogens is 2. The van der Waals surface area contributed by atoms with E-state index in [0.29, 0.717) is 11.8 Å². The molecule has 1 aliphatic heterocycles. The summed E-state index contributed by atoms with van der Waals surface area (Å²) in [6.45, 7) is 0.933. The summed E-state index contributed by atoms with van der Waals surface area (Å²) >= 11 is 0. The Morgan fingerprint density at radius 1 is 1.16 bits per heavy atom. The molecule has 0 atom stereocenters. The summed E-state index contributed by atoms with van der Waals surface area (Å²) in [5.41, 5.74) is 2.27. The van der Waals surface area contributed by atoms with E-state index in [-0.39, 0.29) is 5.56 Å². The first-order chi connectivity index (χ1) is 12.1. The van der Waals surface area contributed by atoms with Gasteiger partial charge in [-0.2, -0.15) is 0 Å². The molecule has 1 aliphatic rings. The molecule has 2 heterocycles. The van der Waals surface area contributed by atoms with Crippen molar-refractivity contribution in [3.05, 3.63) is 71.7 Å². The number of benzene rings is 2. The summed E-state index contributed by atoms with van der Waals surface area (Å²) in [5.74, 6) is -1.15. The normalized spacial score (nSPS) is 12.9. The highest BCUT2D eigenvalue weighted by atomic mass is 19.1. The Morgan fingerprint density at radius 2 is 2.04 bits per heavy atom. The molecule has 126 valence electrons. The van der Waals surface area contributed by atoms with E-state index >= 15 is 0 Å². The smallest absolute Gasteiger partial charge is 0.258 e. The molecule has 2 aromatic carbocycles. The minimum atomic E-state index is -0.887. The molecule has 0 fully saturated rings. The van der Waals surface area contributed by atoms with Crippen LogP contribution in [0.4, 0.5) is 14.5 Å². The fourth-order valence-corrected chi connectivity index (χ4v) is 3.12. The van der Waals surface area contributed by atoms with Gasteiger partial charge in [0, 0.05) is 30.3 Å². The number of anilines is 1. The number of aromatic nitrogens is 2. The van der Waals surface area contributed by atoms with Crippen LogP contribution in [0.2, 0.25) is 0 Å². The van der Waals surface area contributed by atoms with Gasteiger partial charge in [-0.25, -0.2) is 13.8 Å². The van der Waals surface area contributed by atoms with Crippen molar-refractivity contribution in [2.24, 2.45) is 0 Å². The molecular weight excluding hydrogens is 324 g/mol. The maximum absolute atomic E-state index is 13.7. The Balaban J connectivity index is 1.60. The van der Waals surface area contributed by atoms with Crippen molar-refractivity contribution in [2.45, 2.75) is 19.4 Å². The van der Waals surface area contributed by atoms with E-state index in [0.717, 1.165) is 48.6 Å². The molecule has 0 saturated carbocycles. The van der Waals surface area contributed by atoms with Crippen LogP contribution < -0.4 is 5.32 Å². The first kappa shape index (κ1) is 15.5. The van der Waals surface area contributed by atoms with Crippen molar-refractivity contribution in [2.75, 3.05) is 5.32 Å². The van der Waals surface area contributed by atoms with Crippen molar-refractivity contribution in [1.82, 2.24) is 9.55 Å². The number of hydrogen-bond donors (Lipinski definition) is 1. The minimum Gasteiger partial charge on any atom is -0.328 e. The fourth-order valence-electron chi connectivity index (χ4n) is 3.12. The lowest BCUT2D eigenvalue weighted by atomic mass is 10.1. The molecule has 3 aromatic rings. The van der Waals surface area contributed by atoms with Crippen LogP contribution in [0.1, 0.15) is 22.6 Å². The van der Waals surface area contributed by atoms with Gasteiger partial charge < -0.3 is 9.88 Å². The van der Waals surface area contributed by atoms with Crippen molar-refractivity contribution in [1.29, 1.82) is 0 Å². The highest BCUT2D eigenvalue weighted by molar-refractivity contribution is 6.04. The van der Waals surface area contributed by atoms with Gasteiger partial charge in [0.2, 0.25) is 0 Å². The summed E-state index contributed by atoms with van der Waals surface area (Å²) in [5, 5.41) is 2.66. The molecule has 1 amide bonds. The van der Waals surface area contributed by atoms with Gasteiger partial charge in [0.25, 0.3) is 5.91 Å². The van der Waals surface area contributed by atoms with Gasteiger partial charge in [0.1, 0.15) is 17.5 Å². The third-order valence-corrected chi connectivity index (χ3v) is 4.31. The van der Waals surface area contributed by atoms with Crippen molar-refractivity contribution in [3.63, 3.8) is 0 Å². The van der Waals surface area contributed by atoms with Gasteiger partial charge in [-0.05, 0) is 30.7 Å². The highest BCUT2D eigenvalue weighted by Crippen LogP contribution is 2.27. The number of carbonyl (C=O) groups is 1. The molecule has 0 spiro atoms. The molecule has 0 bridgehead atoms. The van der Waals surface area contributed by atoms with Gasteiger partial charge in [-0.15, -0.1) is 0 Å². The van der Waals surface area contributed by atoms with Gasteiger partial charge >= 0.3 is 0 Å². The second kappa shape index (κ2) is 6.12. The number of amides is 1. The predicted molar refractivity (Wildman–Crippen MR) is 90.3 cm³/mol. The first-order valence-corrected chi connectivity index (χ1v) is 8.03. The molecule has 0 radical (unpaired) electrons. The summed E-state index contributed by atoms with van der Waals surface area (Å²) in [4.78, 5) is 16.7. The second-order valence-corrected chi connectivity index (χ2v) is 5.97. The maximum atomic E-state index is 13.7. The number of aryl methyl sites for hydroxylation is 1. The molecule has 0 aliphatic carbocycles. The molecule has 25 heavy (non-hydrogen) atoms. The van der Waals surface area contributed by atoms with E-state index in [2.05, 4.69) is 14.9 Å². The van der Waals surface area contributed by atoms with Crippen LogP contribution in [-0.2, 0) is 13.0 Å². The SMILES string of the molecule is O=C(Nc1cccc(-c2cnc3n2CCC3)c1)c1ccc(F)cc1F. The maximum Gasteiger partial charge on any atom is 0.258 e. The molecule has 4 rings (SSSR count). The summed E-state index contributed by atoms with van der Waals surface area (Å²) in [6.07, 6.45) is 3.88. The average Bonchev–Trinajstić information content (AvgIpc) is 3.18. The standard InChI is InChI=1S/C19H15F2N3O/c20-13-6-7-15(16(21)10-13)19(25)23-14-4-1-3-12(9-14)17-11-22-18-5-2-8-24(17)18/h1,3-4,6-7,9-11H,2,5,8H2,(H,23,25). The first-order valence-electron chi connectivity index (χ1n) is 8.03. The zero-order chi connectivity index (χ0) is 17.4. The van der Waals surface area contributed by atoms with E-state index in [9.17, 15) is 13.6 Å². The van der Waals surface area contributed by atoms with Gasteiger partial charge in [0.15, 0.2) is 0 Å². The van der Waals surface area contributed by atoms with E-state index < -0.39 is 17.5 Å². The monoisotopic (exact) mass is 339 g/mol. The number of nitrogens with zero attached hydrogens (tertiary/aromatic N) is 2. The fraction of sp³-hybridized carbons (Fsp3) is 0.158. The molecular formula is C19H15F2N3O. The molecule has 4 nitrogen and oxygen atoms in total. The van der Waals surface area contributed by atoms with Crippen molar-refractivity contribution < 1.29 is 13.6 Å². The molecule has 0 saturated heterocycles. The molecule has 6 heteroatoms. The Labute approximate surface area is 143 Å². The molecule has 0 unspecified atom stereocenters. The largest absolute Gasteiger partial charge is 0.328 e. The van der Waals surface area contributed by atoms with Crippen LogP contribution in [0.5, 0.6) is 0 Å². The third kappa shape index (κ3) is 2.91. The van der Waals surface area contributed by atoms with E-state index in [1.165, 1.54) is 0 Å². The average molecular weight is 339 g/mol. The quantitative estimate of drug-likeness (QED) is 0.783. The topological polar surface area (TPSA) is 46.9 Å². The van der Waals surface area contributed by atoms with Gasteiger partial charge in [0.05, 0.1) is 17.5 Å². The number of rotatable bonds is 3.